The predicted molar refractivity (Wildman–Crippen MR) is 124 cm³/mol. The number of benzene rings is 2. The van der Waals surface area contributed by atoms with Gasteiger partial charge in [0.2, 0.25) is 0 Å². The zero-order chi connectivity index (χ0) is 23.9. The van der Waals surface area contributed by atoms with E-state index >= 15 is 0 Å². The highest BCUT2D eigenvalue weighted by atomic mass is 35.5. The first-order valence-electron chi connectivity index (χ1n) is 11.3. The van der Waals surface area contributed by atoms with Crippen LogP contribution in [0.1, 0.15) is 59.4 Å². The van der Waals surface area contributed by atoms with E-state index in [1.165, 1.54) is 6.07 Å². The van der Waals surface area contributed by atoms with Crippen LogP contribution in [-0.2, 0) is 9.59 Å². The smallest absolute Gasteiger partial charge is 0.275 e. The number of aryl methyl sites for hydroxylation is 1. The highest BCUT2D eigenvalue weighted by molar-refractivity contribution is 6.34. The van der Waals surface area contributed by atoms with Gasteiger partial charge in [0.1, 0.15) is 6.04 Å². The zero-order valence-electron chi connectivity index (χ0n) is 19.0. The molecule has 172 valence electrons. The van der Waals surface area contributed by atoms with Crippen molar-refractivity contribution in [3.8, 4) is 0 Å². The van der Waals surface area contributed by atoms with Gasteiger partial charge in [0.25, 0.3) is 17.7 Å². The fraction of sp³-hybridized carbons (Fsp3) is 0.385. The first-order chi connectivity index (χ1) is 15.7. The van der Waals surface area contributed by atoms with E-state index in [0.717, 1.165) is 22.0 Å². The van der Waals surface area contributed by atoms with Crippen LogP contribution in [0.4, 0.5) is 0 Å². The molecule has 0 unspecified atom stereocenters. The normalized spacial score (nSPS) is 23.3. The molecule has 4 atom stereocenters. The first-order valence-corrected chi connectivity index (χ1v) is 11.6. The minimum absolute atomic E-state index is 0.131. The van der Waals surface area contributed by atoms with Crippen molar-refractivity contribution in [1.82, 2.24) is 10.0 Å². The Balaban J connectivity index is 1.76. The average molecular weight is 467 g/mol. The van der Waals surface area contributed by atoms with E-state index in [2.05, 4.69) is 6.92 Å². The number of hydrazine groups is 1. The number of hydrogen-bond donors (Lipinski definition) is 0. The van der Waals surface area contributed by atoms with Gasteiger partial charge in [0, 0.05) is 5.56 Å². The summed E-state index contributed by atoms with van der Waals surface area (Å²) in [4.78, 5) is 53.9. The van der Waals surface area contributed by atoms with Crippen LogP contribution in [0.15, 0.2) is 48.5 Å². The Labute approximate surface area is 198 Å². The zero-order valence-corrected chi connectivity index (χ0v) is 19.7. The Morgan fingerprint density at radius 1 is 1.00 bits per heavy atom. The molecule has 33 heavy (non-hydrogen) atoms. The molecule has 0 N–H and O–H groups in total. The lowest BCUT2D eigenvalue weighted by molar-refractivity contribution is -0.156. The van der Waals surface area contributed by atoms with Crippen LogP contribution in [0.3, 0.4) is 0 Å². The van der Waals surface area contributed by atoms with Crippen LogP contribution in [0.5, 0.6) is 0 Å². The summed E-state index contributed by atoms with van der Waals surface area (Å²) in [5.41, 5.74) is 1.52. The molecule has 6 nitrogen and oxygen atoms in total. The first kappa shape index (κ1) is 23.2. The second-order valence-corrected chi connectivity index (χ2v) is 9.56. The minimum Gasteiger partial charge on any atom is -0.292 e. The number of nitrogens with zero attached hydrogens (tertiary/aromatic N) is 2. The summed E-state index contributed by atoms with van der Waals surface area (Å²) in [7, 11) is 0. The molecular formula is C26H27ClN2O4. The molecule has 0 aromatic heterocycles. The molecule has 1 aliphatic heterocycles. The SMILES string of the molecule is Cc1ccc(C(=O)[C@H](C)N(C(=O)c2ccccc2Cl)N2C(=O)[C@@H]3CC[C@H](C)C[C@H]3C2=O)cc1. The maximum absolute atomic E-state index is 13.7. The number of amides is 3. The number of imide groups is 1. The molecule has 2 aromatic carbocycles. The van der Waals surface area contributed by atoms with Crippen molar-refractivity contribution in [2.24, 2.45) is 17.8 Å². The van der Waals surface area contributed by atoms with Gasteiger partial charge in [-0.2, -0.15) is 5.01 Å². The number of ketones is 1. The second kappa shape index (κ2) is 9.10. The molecular weight excluding hydrogens is 440 g/mol. The van der Waals surface area contributed by atoms with Gasteiger partial charge in [0.05, 0.1) is 22.4 Å². The van der Waals surface area contributed by atoms with Crippen LogP contribution >= 0.6 is 11.6 Å². The molecule has 2 aliphatic rings. The Kier molecular flexibility index (Phi) is 6.39. The molecule has 1 heterocycles. The van der Waals surface area contributed by atoms with Crippen LogP contribution in [-0.4, -0.2) is 39.6 Å². The molecule has 0 bridgehead atoms. The Hall–Kier alpha value is -2.99. The number of fused-ring (bicyclic) bond motifs is 1. The van der Waals surface area contributed by atoms with Crippen molar-refractivity contribution in [1.29, 1.82) is 0 Å². The van der Waals surface area contributed by atoms with E-state index in [1.54, 1.807) is 37.3 Å². The third-order valence-corrected chi connectivity index (χ3v) is 7.10. The maximum atomic E-state index is 13.7. The van der Waals surface area contributed by atoms with Crippen molar-refractivity contribution < 1.29 is 19.2 Å². The van der Waals surface area contributed by atoms with Gasteiger partial charge in [0.15, 0.2) is 5.78 Å². The van der Waals surface area contributed by atoms with E-state index < -0.39 is 35.6 Å². The molecule has 0 radical (unpaired) electrons. The van der Waals surface area contributed by atoms with Crippen molar-refractivity contribution in [2.75, 3.05) is 0 Å². The number of carbonyl (C=O) groups is 4. The molecule has 1 aliphatic carbocycles. The van der Waals surface area contributed by atoms with Gasteiger partial charge in [-0.05, 0) is 51.2 Å². The quantitative estimate of drug-likeness (QED) is 0.473. The van der Waals surface area contributed by atoms with Crippen molar-refractivity contribution in [2.45, 2.75) is 46.1 Å². The minimum atomic E-state index is -1.08. The highest BCUT2D eigenvalue weighted by Crippen LogP contribution is 2.42. The van der Waals surface area contributed by atoms with Crippen LogP contribution < -0.4 is 0 Å². The van der Waals surface area contributed by atoms with E-state index in [1.807, 2.05) is 19.1 Å². The molecule has 0 spiro atoms. The Bertz CT molecular complexity index is 1110. The highest BCUT2D eigenvalue weighted by Gasteiger charge is 2.54. The van der Waals surface area contributed by atoms with Crippen LogP contribution in [0, 0.1) is 24.7 Å². The third-order valence-electron chi connectivity index (χ3n) is 6.77. The summed E-state index contributed by atoms with van der Waals surface area (Å²) in [5.74, 6) is -2.45. The number of Topliss-reactive ketones (excluding diaryl/α,β-unsaturated/α-hetero) is 1. The molecule has 2 aromatic rings. The fourth-order valence-corrected chi connectivity index (χ4v) is 5.07. The molecule has 4 rings (SSSR count). The fourth-order valence-electron chi connectivity index (χ4n) is 4.85. The van der Waals surface area contributed by atoms with Gasteiger partial charge >= 0.3 is 0 Å². The monoisotopic (exact) mass is 466 g/mol. The number of carbonyl (C=O) groups excluding carboxylic acids is 4. The van der Waals surface area contributed by atoms with Crippen molar-refractivity contribution >= 4 is 35.1 Å². The van der Waals surface area contributed by atoms with Gasteiger partial charge in [-0.15, -0.1) is 0 Å². The van der Waals surface area contributed by atoms with Gasteiger partial charge in [-0.25, -0.2) is 5.01 Å². The standard InChI is InChI=1S/C26H27ClN2O4/c1-15-8-11-18(12-9-15)23(30)17(3)28(25(32)20-6-4-5-7-22(20)27)29-24(31)19-13-10-16(2)14-21(19)26(29)33/h4-9,11-12,16-17,19,21H,10,13-14H2,1-3H3/t16-,17-,19+,21+/m0/s1. The summed E-state index contributed by atoms with van der Waals surface area (Å²) >= 11 is 6.28. The molecule has 2 fully saturated rings. The van der Waals surface area contributed by atoms with Gasteiger partial charge in [-0.1, -0.05) is 60.5 Å². The lowest BCUT2D eigenvalue weighted by atomic mass is 9.76. The van der Waals surface area contributed by atoms with Crippen molar-refractivity contribution in [3.05, 3.63) is 70.2 Å². The van der Waals surface area contributed by atoms with Crippen LogP contribution in [0.25, 0.3) is 0 Å². The molecule has 1 saturated heterocycles. The third kappa shape index (κ3) is 4.20. The van der Waals surface area contributed by atoms with E-state index in [0.29, 0.717) is 24.3 Å². The van der Waals surface area contributed by atoms with Gasteiger partial charge in [-0.3, -0.25) is 19.2 Å². The summed E-state index contributed by atoms with van der Waals surface area (Å²) in [6.45, 7) is 5.52. The topological polar surface area (TPSA) is 74.8 Å². The average Bonchev–Trinajstić information content (AvgIpc) is 3.04. The second-order valence-electron chi connectivity index (χ2n) is 9.16. The molecule has 3 amide bonds. The van der Waals surface area contributed by atoms with Crippen molar-refractivity contribution in [3.63, 3.8) is 0 Å². The summed E-state index contributed by atoms with van der Waals surface area (Å²) in [5, 5.41) is 2.14. The summed E-state index contributed by atoms with van der Waals surface area (Å²) < 4.78 is 0. The Morgan fingerprint density at radius 3 is 2.30 bits per heavy atom. The summed E-state index contributed by atoms with van der Waals surface area (Å²) in [6, 6.07) is 12.3. The van der Waals surface area contributed by atoms with E-state index in [-0.39, 0.29) is 16.4 Å². The lowest BCUT2D eigenvalue weighted by Crippen LogP contribution is -2.56. The molecule has 7 heteroatoms. The number of rotatable bonds is 5. The summed E-state index contributed by atoms with van der Waals surface area (Å²) in [6.07, 6.45) is 2.05. The lowest BCUT2D eigenvalue weighted by Gasteiger charge is -2.35. The Morgan fingerprint density at radius 2 is 1.64 bits per heavy atom. The molecule has 1 saturated carbocycles. The van der Waals surface area contributed by atoms with Crippen LogP contribution in [0.2, 0.25) is 5.02 Å². The predicted octanol–water partition coefficient (Wildman–Crippen LogP) is 4.70. The number of halogens is 1. The van der Waals surface area contributed by atoms with Gasteiger partial charge < -0.3 is 0 Å². The van der Waals surface area contributed by atoms with E-state index in [9.17, 15) is 19.2 Å². The number of hydrogen-bond acceptors (Lipinski definition) is 4. The largest absolute Gasteiger partial charge is 0.292 e. The van der Waals surface area contributed by atoms with E-state index in [4.69, 9.17) is 11.6 Å². The maximum Gasteiger partial charge on any atom is 0.275 e.